The average molecular weight is 393 g/mol. The second-order valence-corrected chi connectivity index (χ2v) is 6.15. The molecule has 12 heteroatoms. The number of nitrogen functional groups attached to an aromatic ring is 1. The SMILES string of the molecule is Cn1nc(C(F)(F)F)c(Nc2ncc(Cl)c(N)n2)c1OCC1CCOC1. The van der Waals surface area contributed by atoms with Crippen molar-refractivity contribution in [2.45, 2.75) is 12.6 Å². The minimum atomic E-state index is -4.70. The molecule has 1 aliphatic rings. The monoisotopic (exact) mass is 392 g/mol. The van der Waals surface area contributed by atoms with E-state index >= 15 is 0 Å². The van der Waals surface area contributed by atoms with Gasteiger partial charge in [-0.25, -0.2) is 9.67 Å². The smallest absolute Gasteiger partial charge is 0.437 e. The molecule has 1 atom stereocenters. The molecular weight excluding hydrogens is 377 g/mol. The van der Waals surface area contributed by atoms with Gasteiger partial charge in [0, 0.05) is 19.6 Å². The first-order valence-electron chi connectivity index (χ1n) is 7.65. The number of rotatable bonds is 5. The van der Waals surface area contributed by atoms with E-state index in [1.165, 1.54) is 13.2 Å². The fraction of sp³-hybridized carbons (Fsp3) is 0.500. The standard InChI is InChI=1S/C14H16ClF3N6O2/c1-24-12(26-6-7-2-3-25-5-7)9(10(23-24)14(16,17)18)21-13-20-4-8(15)11(19)22-13/h4,7H,2-3,5-6H2,1H3,(H3,19,20,21,22). The summed E-state index contributed by atoms with van der Waals surface area (Å²) in [6.45, 7) is 1.31. The summed E-state index contributed by atoms with van der Waals surface area (Å²) in [6.07, 6.45) is -2.73. The van der Waals surface area contributed by atoms with Crippen LogP contribution in [0.15, 0.2) is 6.20 Å². The van der Waals surface area contributed by atoms with Crippen LogP contribution in [0.1, 0.15) is 12.1 Å². The summed E-state index contributed by atoms with van der Waals surface area (Å²) in [5.74, 6) is -0.192. The molecule has 3 heterocycles. The number of hydrogen-bond donors (Lipinski definition) is 2. The predicted octanol–water partition coefficient (Wildman–Crippen LogP) is 2.62. The number of aryl methyl sites for hydroxylation is 1. The zero-order valence-corrected chi connectivity index (χ0v) is 14.4. The van der Waals surface area contributed by atoms with Crippen LogP contribution in [-0.4, -0.2) is 39.6 Å². The van der Waals surface area contributed by atoms with Gasteiger partial charge >= 0.3 is 6.18 Å². The molecule has 0 radical (unpaired) electrons. The topological polar surface area (TPSA) is 100 Å². The highest BCUT2D eigenvalue weighted by Crippen LogP contribution is 2.40. The van der Waals surface area contributed by atoms with E-state index in [1.807, 2.05) is 0 Å². The molecule has 0 aromatic carbocycles. The van der Waals surface area contributed by atoms with Crippen LogP contribution in [-0.2, 0) is 18.0 Å². The molecule has 1 aliphatic heterocycles. The minimum Gasteiger partial charge on any atom is -0.476 e. The fourth-order valence-electron chi connectivity index (χ4n) is 2.45. The summed E-state index contributed by atoms with van der Waals surface area (Å²) >= 11 is 5.73. The Kier molecular flexibility index (Phi) is 5.10. The maximum Gasteiger partial charge on any atom is 0.437 e. The van der Waals surface area contributed by atoms with E-state index in [-0.39, 0.29) is 40.9 Å². The minimum absolute atomic E-state index is 0.0628. The Morgan fingerprint density at radius 1 is 1.50 bits per heavy atom. The number of nitrogens with two attached hydrogens (primary N) is 1. The molecule has 0 amide bonds. The van der Waals surface area contributed by atoms with Gasteiger partial charge in [-0.15, -0.1) is 0 Å². The van der Waals surface area contributed by atoms with E-state index in [1.54, 1.807) is 0 Å². The van der Waals surface area contributed by atoms with Gasteiger partial charge in [0.15, 0.2) is 5.69 Å². The van der Waals surface area contributed by atoms with Crippen molar-refractivity contribution in [3.63, 3.8) is 0 Å². The molecule has 2 aromatic heterocycles. The summed E-state index contributed by atoms with van der Waals surface area (Å²) in [5, 5.41) is 6.11. The van der Waals surface area contributed by atoms with Crippen LogP contribution in [0.3, 0.4) is 0 Å². The van der Waals surface area contributed by atoms with Crippen LogP contribution >= 0.6 is 11.6 Å². The van der Waals surface area contributed by atoms with Crippen molar-refractivity contribution < 1.29 is 22.6 Å². The van der Waals surface area contributed by atoms with Crippen molar-refractivity contribution >= 4 is 29.1 Å². The largest absolute Gasteiger partial charge is 0.476 e. The molecule has 0 aliphatic carbocycles. The molecule has 3 N–H and O–H groups in total. The van der Waals surface area contributed by atoms with Crippen LogP contribution in [0.5, 0.6) is 5.88 Å². The number of ether oxygens (including phenoxy) is 2. The van der Waals surface area contributed by atoms with Gasteiger partial charge in [0.1, 0.15) is 16.5 Å². The van der Waals surface area contributed by atoms with Gasteiger partial charge in [0.25, 0.3) is 0 Å². The summed E-state index contributed by atoms with van der Waals surface area (Å²) in [4.78, 5) is 7.65. The van der Waals surface area contributed by atoms with E-state index in [0.717, 1.165) is 11.1 Å². The van der Waals surface area contributed by atoms with Crippen LogP contribution < -0.4 is 15.8 Å². The lowest BCUT2D eigenvalue weighted by atomic mass is 10.1. The van der Waals surface area contributed by atoms with Crippen molar-refractivity contribution in [1.29, 1.82) is 0 Å². The van der Waals surface area contributed by atoms with E-state index in [2.05, 4.69) is 20.4 Å². The predicted molar refractivity (Wildman–Crippen MR) is 87.4 cm³/mol. The van der Waals surface area contributed by atoms with Crippen LogP contribution in [0.2, 0.25) is 5.02 Å². The first kappa shape index (κ1) is 18.5. The van der Waals surface area contributed by atoms with Crippen molar-refractivity contribution in [3.8, 4) is 5.88 Å². The van der Waals surface area contributed by atoms with Crippen LogP contribution in [0.4, 0.5) is 30.6 Å². The molecule has 3 rings (SSSR count). The maximum absolute atomic E-state index is 13.4. The average Bonchev–Trinajstić information content (AvgIpc) is 3.17. The zero-order valence-electron chi connectivity index (χ0n) is 13.7. The summed E-state index contributed by atoms with van der Waals surface area (Å²) in [5.41, 5.74) is 4.04. The number of aromatic nitrogens is 4. The molecule has 142 valence electrons. The third-order valence-corrected chi connectivity index (χ3v) is 4.04. The lowest BCUT2D eigenvalue weighted by Crippen LogP contribution is -2.14. The Hall–Kier alpha value is -2.27. The van der Waals surface area contributed by atoms with Gasteiger partial charge in [0.05, 0.1) is 19.4 Å². The molecule has 0 saturated carbocycles. The van der Waals surface area contributed by atoms with Crippen molar-refractivity contribution in [2.24, 2.45) is 13.0 Å². The van der Waals surface area contributed by atoms with Crippen molar-refractivity contribution in [2.75, 3.05) is 30.9 Å². The molecule has 8 nitrogen and oxygen atoms in total. The van der Waals surface area contributed by atoms with Crippen molar-refractivity contribution in [1.82, 2.24) is 19.7 Å². The summed E-state index contributed by atoms with van der Waals surface area (Å²) in [7, 11) is 1.36. The molecule has 1 saturated heterocycles. The molecule has 26 heavy (non-hydrogen) atoms. The van der Waals surface area contributed by atoms with Gasteiger partial charge in [-0.1, -0.05) is 11.6 Å². The highest BCUT2D eigenvalue weighted by atomic mass is 35.5. The highest BCUT2D eigenvalue weighted by Gasteiger charge is 2.40. The number of anilines is 3. The van der Waals surface area contributed by atoms with Gasteiger partial charge in [-0.05, 0) is 6.42 Å². The number of nitrogens with zero attached hydrogens (tertiary/aromatic N) is 4. The second kappa shape index (κ2) is 7.16. The Labute approximate surface area is 151 Å². The normalized spacial score (nSPS) is 17.5. The lowest BCUT2D eigenvalue weighted by molar-refractivity contribution is -0.140. The van der Waals surface area contributed by atoms with Crippen LogP contribution in [0.25, 0.3) is 0 Å². The van der Waals surface area contributed by atoms with Gasteiger partial charge in [0.2, 0.25) is 11.8 Å². The third kappa shape index (κ3) is 3.93. The van der Waals surface area contributed by atoms with Gasteiger partial charge in [-0.2, -0.15) is 23.3 Å². The molecule has 0 spiro atoms. The summed E-state index contributed by atoms with van der Waals surface area (Å²) in [6, 6.07) is 0. The first-order valence-corrected chi connectivity index (χ1v) is 8.03. The summed E-state index contributed by atoms with van der Waals surface area (Å²) < 4.78 is 51.9. The highest BCUT2D eigenvalue weighted by molar-refractivity contribution is 6.32. The van der Waals surface area contributed by atoms with Gasteiger partial charge < -0.3 is 20.5 Å². The molecule has 2 aromatic rings. The zero-order chi connectivity index (χ0) is 18.9. The first-order chi connectivity index (χ1) is 12.3. The quantitative estimate of drug-likeness (QED) is 0.806. The van der Waals surface area contributed by atoms with Crippen LogP contribution in [0, 0.1) is 5.92 Å². The number of alkyl halides is 3. The Bertz CT molecular complexity index is 792. The molecule has 0 bridgehead atoms. The molecule has 1 unspecified atom stereocenters. The van der Waals surface area contributed by atoms with E-state index in [0.29, 0.717) is 13.2 Å². The number of halogens is 4. The second-order valence-electron chi connectivity index (χ2n) is 5.74. The third-order valence-electron chi connectivity index (χ3n) is 3.75. The lowest BCUT2D eigenvalue weighted by Gasteiger charge is -2.13. The fourth-order valence-corrected chi connectivity index (χ4v) is 2.54. The van der Waals surface area contributed by atoms with Crippen molar-refractivity contribution in [3.05, 3.63) is 16.9 Å². The Morgan fingerprint density at radius 2 is 2.27 bits per heavy atom. The Morgan fingerprint density at radius 3 is 2.88 bits per heavy atom. The molecular formula is C14H16ClF3N6O2. The Balaban J connectivity index is 1.92. The van der Waals surface area contributed by atoms with E-state index < -0.39 is 11.9 Å². The maximum atomic E-state index is 13.4. The molecule has 1 fully saturated rings. The van der Waals surface area contributed by atoms with Gasteiger partial charge in [-0.3, -0.25) is 0 Å². The van der Waals surface area contributed by atoms with E-state index in [9.17, 15) is 13.2 Å². The number of nitrogens with one attached hydrogen (secondary N) is 1. The van der Waals surface area contributed by atoms with E-state index in [4.69, 9.17) is 26.8 Å². The number of hydrogen-bond acceptors (Lipinski definition) is 7.